The van der Waals surface area contributed by atoms with Gasteiger partial charge in [-0.05, 0) is 23.6 Å². The lowest BCUT2D eigenvalue weighted by atomic mass is 10.1. The van der Waals surface area contributed by atoms with E-state index < -0.39 is 17.9 Å². The quantitative estimate of drug-likeness (QED) is 0.484. The molecule has 0 fully saturated rings. The molecule has 8 nitrogen and oxygen atoms in total. The molecule has 2 aromatic carbocycles. The smallest absolute Gasteiger partial charge is 0.337 e. The fourth-order valence-electron chi connectivity index (χ4n) is 2.28. The summed E-state index contributed by atoms with van der Waals surface area (Å²) in [7, 11) is 2.65. The minimum Gasteiger partial charge on any atom is -0.422 e. The topological polar surface area (TPSA) is 97.4 Å². The van der Waals surface area contributed by atoms with Crippen LogP contribution in [0.4, 0.5) is 0 Å². The van der Waals surface area contributed by atoms with E-state index in [9.17, 15) is 14.4 Å². The number of esters is 3. The second-order valence-electron chi connectivity index (χ2n) is 5.54. The van der Waals surface area contributed by atoms with Gasteiger partial charge >= 0.3 is 17.9 Å². The van der Waals surface area contributed by atoms with Gasteiger partial charge in [0.25, 0.3) is 0 Å². The van der Waals surface area contributed by atoms with E-state index in [4.69, 9.17) is 35.3 Å². The molecule has 0 saturated heterocycles. The first-order chi connectivity index (χ1) is 13.4. The summed E-state index contributed by atoms with van der Waals surface area (Å²) in [6, 6.07) is 6.28. The molecule has 0 aliphatic rings. The van der Waals surface area contributed by atoms with Crippen LogP contribution in [-0.2, 0) is 23.9 Å². The van der Waals surface area contributed by atoms with E-state index in [0.29, 0.717) is 15.8 Å². The third-order valence-electron chi connectivity index (χ3n) is 3.45. The lowest BCUT2D eigenvalue weighted by Crippen LogP contribution is -2.19. The van der Waals surface area contributed by atoms with Crippen molar-refractivity contribution in [3.63, 3.8) is 0 Å². The fraction of sp³-hybridized carbons (Fsp3) is 0.316. The summed E-state index contributed by atoms with van der Waals surface area (Å²) in [4.78, 5) is 35.9. The van der Waals surface area contributed by atoms with Gasteiger partial charge in [0.05, 0.1) is 0 Å². The van der Waals surface area contributed by atoms with E-state index in [1.165, 1.54) is 20.3 Å². The Morgan fingerprint density at radius 1 is 0.857 bits per heavy atom. The second kappa shape index (κ2) is 10.0. The Morgan fingerprint density at radius 3 is 2.07 bits per heavy atom. The zero-order valence-electron chi connectivity index (χ0n) is 15.6. The van der Waals surface area contributed by atoms with Gasteiger partial charge < -0.3 is 23.7 Å². The Hall–Kier alpha value is -2.68. The molecule has 0 aliphatic heterocycles. The summed E-state index contributed by atoms with van der Waals surface area (Å²) < 4.78 is 25.4. The summed E-state index contributed by atoms with van der Waals surface area (Å²) in [5.41, 5.74) is 0. The number of carbonyl (C=O) groups excluding carboxylic acids is 3. The van der Waals surface area contributed by atoms with Gasteiger partial charge in [0.2, 0.25) is 5.75 Å². The maximum absolute atomic E-state index is 12.0. The van der Waals surface area contributed by atoms with Crippen molar-refractivity contribution in [2.45, 2.75) is 13.3 Å². The third kappa shape index (κ3) is 5.41. The molecular weight excluding hydrogens is 392 g/mol. The summed E-state index contributed by atoms with van der Waals surface area (Å²) in [5, 5.41) is 1.33. The molecule has 0 radical (unpaired) electrons. The maximum Gasteiger partial charge on any atom is 0.337 e. The molecule has 2 aromatic rings. The van der Waals surface area contributed by atoms with Crippen LogP contribution in [0.5, 0.6) is 17.2 Å². The van der Waals surface area contributed by atoms with Crippen molar-refractivity contribution in [1.29, 1.82) is 0 Å². The Balaban J connectivity index is 2.68. The van der Waals surface area contributed by atoms with Crippen LogP contribution in [0.25, 0.3) is 10.8 Å². The number of methoxy groups -OCH3 is 2. The van der Waals surface area contributed by atoms with E-state index in [2.05, 4.69) is 0 Å². The molecular formula is C19H19ClO8. The first-order valence-electron chi connectivity index (χ1n) is 8.25. The van der Waals surface area contributed by atoms with Crippen molar-refractivity contribution < 1.29 is 38.1 Å². The van der Waals surface area contributed by atoms with Crippen molar-refractivity contribution in [2.24, 2.45) is 0 Å². The van der Waals surface area contributed by atoms with Crippen LogP contribution in [-0.4, -0.2) is 45.3 Å². The average molecular weight is 411 g/mol. The molecule has 0 aliphatic carbocycles. The van der Waals surface area contributed by atoms with E-state index >= 15 is 0 Å². The molecule has 0 saturated carbocycles. The largest absolute Gasteiger partial charge is 0.422 e. The van der Waals surface area contributed by atoms with Gasteiger partial charge in [-0.15, -0.1) is 0 Å². The lowest BCUT2D eigenvalue weighted by Gasteiger charge is -2.17. The van der Waals surface area contributed by atoms with Crippen LogP contribution < -0.4 is 14.2 Å². The second-order valence-corrected chi connectivity index (χ2v) is 5.98. The Bertz CT molecular complexity index is 893. The molecule has 0 N–H and O–H groups in total. The number of hydrogen-bond donors (Lipinski definition) is 0. The fourth-order valence-corrected chi connectivity index (χ4v) is 2.45. The maximum atomic E-state index is 12.0. The molecule has 150 valence electrons. The first kappa shape index (κ1) is 21.6. The average Bonchev–Trinajstić information content (AvgIpc) is 2.65. The van der Waals surface area contributed by atoms with Crippen LogP contribution in [0.1, 0.15) is 13.3 Å². The number of hydrogen-bond acceptors (Lipinski definition) is 8. The Labute approximate surface area is 166 Å². The Kier molecular flexibility index (Phi) is 7.74. The predicted octanol–water partition coefficient (Wildman–Crippen LogP) is 2.91. The van der Waals surface area contributed by atoms with Gasteiger partial charge in [-0.1, -0.05) is 24.6 Å². The zero-order valence-corrected chi connectivity index (χ0v) is 16.3. The minimum atomic E-state index is -0.776. The van der Waals surface area contributed by atoms with Gasteiger partial charge in [0.15, 0.2) is 11.5 Å². The molecule has 0 bridgehead atoms. The highest BCUT2D eigenvalue weighted by Crippen LogP contribution is 2.45. The van der Waals surface area contributed by atoms with Crippen LogP contribution in [0.2, 0.25) is 5.02 Å². The van der Waals surface area contributed by atoms with E-state index in [1.54, 1.807) is 25.1 Å². The SMILES string of the molecule is CCC(=O)Oc1c(OC(=O)COC)c(OC(=O)COC)cc2ccc(Cl)cc12. The molecule has 0 spiro atoms. The van der Waals surface area contributed by atoms with Crippen molar-refractivity contribution in [3.05, 3.63) is 29.3 Å². The molecule has 0 unspecified atom stereocenters. The Morgan fingerprint density at radius 2 is 1.46 bits per heavy atom. The van der Waals surface area contributed by atoms with Gasteiger partial charge in [-0.2, -0.15) is 0 Å². The van der Waals surface area contributed by atoms with E-state index in [-0.39, 0.29) is 36.9 Å². The number of benzene rings is 2. The van der Waals surface area contributed by atoms with Gasteiger partial charge in [-0.3, -0.25) is 4.79 Å². The lowest BCUT2D eigenvalue weighted by molar-refractivity contribution is -0.141. The predicted molar refractivity (Wildman–Crippen MR) is 99.9 cm³/mol. The summed E-state index contributed by atoms with van der Waals surface area (Å²) in [6.45, 7) is 0.922. The summed E-state index contributed by atoms with van der Waals surface area (Å²) in [6.07, 6.45) is 0.0706. The van der Waals surface area contributed by atoms with Crippen molar-refractivity contribution >= 4 is 40.3 Å². The zero-order chi connectivity index (χ0) is 20.7. The van der Waals surface area contributed by atoms with E-state index in [0.717, 1.165) is 0 Å². The van der Waals surface area contributed by atoms with Gasteiger partial charge in [0.1, 0.15) is 13.2 Å². The first-order valence-corrected chi connectivity index (χ1v) is 8.63. The highest BCUT2D eigenvalue weighted by molar-refractivity contribution is 6.31. The van der Waals surface area contributed by atoms with Crippen molar-refractivity contribution in [2.75, 3.05) is 27.4 Å². The van der Waals surface area contributed by atoms with Gasteiger partial charge in [-0.25, -0.2) is 9.59 Å². The van der Waals surface area contributed by atoms with E-state index in [1.807, 2.05) is 0 Å². The normalized spacial score (nSPS) is 10.6. The van der Waals surface area contributed by atoms with Crippen molar-refractivity contribution in [1.82, 2.24) is 0 Å². The third-order valence-corrected chi connectivity index (χ3v) is 3.68. The molecule has 0 heterocycles. The summed E-state index contributed by atoms with van der Waals surface area (Å²) >= 11 is 6.06. The molecule has 28 heavy (non-hydrogen) atoms. The molecule has 0 atom stereocenters. The molecule has 2 rings (SSSR count). The highest BCUT2D eigenvalue weighted by atomic mass is 35.5. The highest BCUT2D eigenvalue weighted by Gasteiger charge is 2.24. The minimum absolute atomic E-state index is 0.0706. The van der Waals surface area contributed by atoms with Crippen LogP contribution in [0.3, 0.4) is 0 Å². The molecule has 9 heteroatoms. The van der Waals surface area contributed by atoms with Crippen LogP contribution in [0, 0.1) is 0 Å². The van der Waals surface area contributed by atoms with Crippen LogP contribution >= 0.6 is 11.6 Å². The number of carbonyl (C=O) groups is 3. The standard InChI is InChI=1S/C19H19ClO8/c1-4-15(21)27-18-13-8-12(20)6-5-11(13)7-14(26-16(22)9-24-2)19(18)28-17(23)10-25-3/h5-8H,4,9-10H2,1-3H3. The van der Waals surface area contributed by atoms with Crippen molar-refractivity contribution in [3.8, 4) is 17.2 Å². The number of ether oxygens (including phenoxy) is 5. The number of halogens is 1. The monoisotopic (exact) mass is 410 g/mol. The number of rotatable bonds is 8. The number of fused-ring (bicyclic) bond motifs is 1. The summed E-state index contributed by atoms with van der Waals surface area (Å²) in [5.74, 6) is -2.51. The van der Waals surface area contributed by atoms with Gasteiger partial charge in [0, 0.05) is 31.0 Å². The molecule has 0 amide bonds. The van der Waals surface area contributed by atoms with Crippen LogP contribution in [0.15, 0.2) is 24.3 Å². The molecule has 0 aromatic heterocycles.